The van der Waals surface area contributed by atoms with Crippen molar-refractivity contribution >= 4 is 34.0 Å². The molecule has 0 atom stereocenters. The molecule has 0 saturated heterocycles. The van der Waals surface area contributed by atoms with Gasteiger partial charge in [0.05, 0.1) is 0 Å². The molecule has 94 valence electrons. The van der Waals surface area contributed by atoms with Gasteiger partial charge in [-0.2, -0.15) is 0 Å². The molecule has 19 heavy (non-hydrogen) atoms. The number of fused-ring (bicyclic) bond motifs is 1. The van der Waals surface area contributed by atoms with Crippen LogP contribution in [0.15, 0.2) is 54.6 Å². The van der Waals surface area contributed by atoms with E-state index < -0.39 is 0 Å². The average Bonchev–Trinajstić information content (AvgIpc) is 2.38. The van der Waals surface area contributed by atoms with Crippen LogP contribution in [0.2, 0.25) is 10.0 Å². The molecule has 0 aliphatic rings. The first-order valence-corrected chi connectivity index (χ1v) is 6.54. The van der Waals surface area contributed by atoms with E-state index in [1.165, 1.54) is 0 Å². The molecule has 3 aromatic rings. The van der Waals surface area contributed by atoms with E-state index in [0.29, 0.717) is 26.6 Å². The lowest BCUT2D eigenvalue weighted by Crippen LogP contribution is -1.87. The average molecular weight is 291 g/mol. The Bertz CT molecular complexity index is 746. The van der Waals surface area contributed by atoms with Crippen molar-refractivity contribution in [2.45, 2.75) is 0 Å². The molecule has 0 saturated carbocycles. The zero-order chi connectivity index (χ0) is 13.4. The van der Waals surface area contributed by atoms with Gasteiger partial charge in [0.2, 0.25) is 0 Å². The van der Waals surface area contributed by atoms with E-state index in [1.807, 2.05) is 24.3 Å². The maximum absolute atomic E-state index is 14.5. The number of hydrogen-bond donors (Lipinski definition) is 0. The number of rotatable bonds is 1. The summed E-state index contributed by atoms with van der Waals surface area (Å²) in [5, 5.41) is 2.46. The van der Waals surface area contributed by atoms with Crippen molar-refractivity contribution in [3.63, 3.8) is 0 Å². The van der Waals surface area contributed by atoms with E-state index in [-0.39, 0.29) is 5.82 Å². The first kappa shape index (κ1) is 12.5. The first-order valence-electron chi connectivity index (χ1n) is 5.79. The van der Waals surface area contributed by atoms with Gasteiger partial charge in [-0.3, -0.25) is 0 Å². The van der Waals surface area contributed by atoms with E-state index in [0.717, 1.165) is 5.39 Å². The van der Waals surface area contributed by atoms with Crippen LogP contribution in [0.4, 0.5) is 4.39 Å². The maximum Gasteiger partial charge on any atom is 0.138 e. The summed E-state index contributed by atoms with van der Waals surface area (Å²) in [7, 11) is 0. The zero-order valence-electron chi connectivity index (χ0n) is 9.83. The molecule has 0 fully saturated rings. The predicted octanol–water partition coefficient (Wildman–Crippen LogP) is 5.95. The topological polar surface area (TPSA) is 0 Å². The second-order valence-electron chi connectivity index (χ2n) is 4.31. The number of benzene rings is 3. The fourth-order valence-corrected chi connectivity index (χ4v) is 2.69. The third kappa shape index (κ3) is 2.32. The Labute approximate surface area is 120 Å². The molecule has 0 aromatic heterocycles. The molecule has 0 nitrogen and oxygen atoms in total. The highest BCUT2D eigenvalue weighted by Gasteiger charge is 2.10. The van der Waals surface area contributed by atoms with Gasteiger partial charge in [-0.15, -0.1) is 0 Å². The molecular formula is C16H9Cl2F. The van der Waals surface area contributed by atoms with Gasteiger partial charge in [0.25, 0.3) is 0 Å². The van der Waals surface area contributed by atoms with Crippen LogP contribution >= 0.6 is 23.2 Å². The standard InChI is InChI=1S/C16H9Cl2F/c17-12-7-11(8-13(18)9-12)15-6-5-10-3-1-2-4-14(10)16(15)19/h1-9H. The van der Waals surface area contributed by atoms with Crippen LogP contribution in [0.3, 0.4) is 0 Å². The molecule has 0 spiro atoms. The highest BCUT2D eigenvalue weighted by molar-refractivity contribution is 6.35. The summed E-state index contributed by atoms with van der Waals surface area (Å²) in [6.07, 6.45) is 0. The monoisotopic (exact) mass is 290 g/mol. The maximum atomic E-state index is 14.5. The van der Waals surface area contributed by atoms with Crippen LogP contribution in [-0.2, 0) is 0 Å². The Kier molecular flexibility index (Phi) is 3.17. The van der Waals surface area contributed by atoms with Gasteiger partial charge in [0.15, 0.2) is 0 Å². The SMILES string of the molecule is Fc1c(-c2cc(Cl)cc(Cl)c2)ccc2ccccc12. The molecule has 0 aliphatic carbocycles. The van der Waals surface area contributed by atoms with Crippen LogP contribution < -0.4 is 0 Å². The van der Waals surface area contributed by atoms with Crippen LogP contribution in [0, 0.1) is 5.82 Å². The molecule has 0 unspecified atom stereocenters. The smallest absolute Gasteiger partial charge is 0.138 e. The quantitative estimate of drug-likeness (QED) is 0.519. The minimum atomic E-state index is -0.253. The van der Waals surface area contributed by atoms with Crippen molar-refractivity contribution in [1.82, 2.24) is 0 Å². The van der Waals surface area contributed by atoms with Gasteiger partial charge < -0.3 is 0 Å². The predicted molar refractivity (Wildman–Crippen MR) is 79.4 cm³/mol. The molecule has 0 radical (unpaired) electrons. The van der Waals surface area contributed by atoms with Crippen molar-refractivity contribution in [1.29, 1.82) is 0 Å². The van der Waals surface area contributed by atoms with E-state index in [4.69, 9.17) is 23.2 Å². The van der Waals surface area contributed by atoms with E-state index >= 15 is 0 Å². The molecule has 3 rings (SSSR count). The van der Waals surface area contributed by atoms with E-state index in [1.54, 1.807) is 30.3 Å². The molecule has 0 heterocycles. The van der Waals surface area contributed by atoms with Gasteiger partial charge in [-0.1, -0.05) is 59.6 Å². The molecular weight excluding hydrogens is 282 g/mol. The Morgan fingerprint density at radius 1 is 0.789 bits per heavy atom. The van der Waals surface area contributed by atoms with Crippen molar-refractivity contribution < 1.29 is 4.39 Å². The molecule has 3 aromatic carbocycles. The molecule has 0 aliphatic heterocycles. The minimum Gasteiger partial charge on any atom is -0.206 e. The molecule has 0 amide bonds. The van der Waals surface area contributed by atoms with Crippen LogP contribution in [0.1, 0.15) is 0 Å². The summed E-state index contributed by atoms with van der Waals surface area (Å²) in [6.45, 7) is 0. The van der Waals surface area contributed by atoms with Gasteiger partial charge >= 0.3 is 0 Å². The summed E-state index contributed by atoms with van der Waals surface area (Å²) in [6, 6.07) is 16.0. The third-order valence-corrected chi connectivity index (χ3v) is 3.47. The lowest BCUT2D eigenvalue weighted by atomic mass is 10.0. The number of hydrogen-bond acceptors (Lipinski definition) is 0. The van der Waals surface area contributed by atoms with Crippen LogP contribution in [0.25, 0.3) is 21.9 Å². The summed E-state index contributed by atoms with van der Waals surface area (Å²) in [5.74, 6) is -0.253. The highest BCUT2D eigenvalue weighted by Crippen LogP contribution is 2.32. The van der Waals surface area contributed by atoms with E-state index in [2.05, 4.69) is 0 Å². The third-order valence-electron chi connectivity index (χ3n) is 3.04. The summed E-state index contributed by atoms with van der Waals surface area (Å²) in [4.78, 5) is 0. The molecule has 3 heteroatoms. The second-order valence-corrected chi connectivity index (χ2v) is 5.18. The Morgan fingerprint density at radius 3 is 2.21 bits per heavy atom. The summed E-state index contributed by atoms with van der Waals surface area (Å²) in [5.41, 5.74) is 1.18. The minimum absolute atomic E-state index is 0.253. The fraction of sp³-hybridized carbons (Fsp3) is 0. The normalized spacial score (nSPS) is 10.9. The van der Waals surface area contributed by atoms with E-state index in [9.17, 15) is 4.39 Å². The van der Waals surface area contributed by atoms with Crippen molar-refractivity contribution in [3.8, 4) is 11.1 Å². The van der Waals surface area contributed by atoms with Crippen molar-refractivity contribution in [2.75, 3.05) is 0 Å². The van der Waals surface area contributed by atoms with Gasteiger partial charge in [0.1, 0.15) is 5.82 Å². The summed E-state index contributed by atoms with van der Waals surface area (Å²) >= 11 is 11.9. The van der Waals surface area contributed by atoms with Crippen molar-refractivity contribution in [3.05, 3.63) is 70.5 Å². The lowest BCUT2D eigenvalue weighted by molar-refractivity contribution is 0.643. The lowest BCUT2D eigenvalue weighted by Gasteiger charge is -2.08. The zero-order valence-corrected chi connectivity index (χ0v) is 11.3. The Hall–Kier alpha value is -1.57. The number of halogens is 3. The van der Waals surface area contributed by atoms with Gasteiger partial charge in [-0.25, -0.2) is 4.39 Å². The van der Waals surface area contributed by atoms with Gasteiger partial charge in [0, 0.05) is 21.0 Å². The second kappa shape index (κ2) is 4.84. The summed E-state index contributed by atoms with van der Waals surface area (Å²) < 4.78 is 14.5. The molecule has 0 N–H and O–H groups in total. The van der Waals surface area contributed by atoms with Gasteiger partial charge in [-0.05, 0) is 29.1 Å². The highest BCUT2D eigenvalue weighted by atomic mass is 35.5. The van der Waals surface area contributed by atoms with Crippen LogP contribution in [-0.4, -0.2) is 0 Å². The Morgan fingerprint density at radius 2 is 1.47 bits per heavy atom. The fourth-order valence-electron chi connectivity index (χ4n) is 2.17. The largest absolute Gasteiger partial charge is 0.206 e. The molecule has 0 bridgehead atoms. The van der Waals surface area contributed by atoms with Crippen LogP contribution in [0.5, 0.6) is 0 Å². The first-order chi connectivity index (χ1) is 9.15. The Balaban J connectivity index is 2.28. The van der Waals surface area contributed by atoms with Crippen molar-refractivity contribution in [2.24, 2.45) is 0 Å².